The normalized spacial score (nSPS) is 11.3. The van der Waals surface area contributed by atoms with Crippen molar-refractivity contribution in [1.82, 2.24) is 5.32 Å². The predicted molar refractivity (Wildman–Crippen MR) is 70.2 cm³/mol. The number of benzene rings is 1. The number of amides is 1. The van der Waals surface area contributed by atoms with Gasteiger partial charge in [0, 0.05) is 17.3 Å². The van der Waals surface area contributed by atoms with Crippen molar-refractivity contribution in [1.29, 1.82) is 0 Å². The number of phenolic OH excluding ortho intramolecular Hbond substituents is 1. The molecule has 0 aromatic heterocycles. The molecule has 0 unspecified atom stereocenters. The van der Waals surface area contributed by atoms with Crippen LogP contribution in [0.5, 0.6) is 5.75 Å². The van der Waals surface area contributed by atoms with Crippen LogP contribution >= 0.6 is 23.2 Å². The van der Waals surface area contributed by atoms with Crippen LogP contribution in [0.1, 0.15) is 22.8 Å². The number of carbonyl (C=O) groups excluding carboxylic acids is 1. The Morgan fingerprint density at radius 1 is 1.41 bits per heavy atom. The van der Waals surface area contributed by atoms with E-state index in [1.807, 2.05) is 0 Å². The summed E-state index contributed by atoms with van der Waals surface area (Å²) in [6, 6.07) is 4.66. The molecule has 0 radical (unpaired) electrons. The Kier molecular flexibility index (Phi) is 4.66. The predicted octanol–water partition coefficient (Wildman–Crippen LogP) is 2.67. The van der Waals surface area contributed by atoms with E-state index in [9.17, 15) is 9.90 Å². The first-order chi connectivity index (χ1) is 7.91. The molecule has 5 heteroatoms. The largest absolute Gasteiger partial charge is 0.508 e. The van der Waals surface area contributed by atoms with E-state index in [1.54, 1.807) is 26.0 Å². The Morgan fingerprint density at radius 3 is 2.47 bits per heavy atom. The molecule has 0 fully saturated rings. The summed E-state index contributed by atoms with van der Waals surface area (Å²) < 4.78 is 0. The third kappa shape index (κ3) is 3.51. The third-order valence-electron chi connectivity index (χ3n) is 2.46. The van der Waals surface area contributed by atoms with Crippen LogP contribution in [0.2, 0.25) is 0 Å². The lowest BCUT2D eigenvalue weighted by Gasteiger charge is -2.26. The summed E-state index contributed by atoms with van der Waals surface area (Å²) in [5.41, 5.74) is 0.490. The van der Waals surface area contributed by atoms with Crippen LogP contribution in [0.15, 0.2) is 18.2 Å². The number of aryl methyl sites for hydroxylation is 1. The summed E-state index contributed by atoms with van der Waals surface area (Å²) in [6.45, 7) is 3.51. The van der Waals surface area contributed by atoms with Crippen LogP contribution in [-0.4, -0.2) is 28.3 Å². The highest BCUT2D eigenvalue weighted by atomic mass is 35.5. The molecule has 1 aromatic rings. The minimum absolute atomic E-state index is 0.166. The maximum atomic E-state index is 11.9. The Morgan fingerprint density at radius 2 is 2.00 bits per heavy atom. The number of aromatic hydroxyl groups is 1. The van der Waals surface area contributed by atoms with Crippen molar-refractivity contribution in [3.63, 3.8) is 0 Å². The van der Waals surface area contributed by atoms with E-state index in [4.69, 9.17) is 23.2 Å². The second-order valence-electron chi connectivity index (χ2n) is 4.28. The van der Waals surface area contributed by atoms with E-state index in [1.165, 1.54) is 6.07 Å². The monoisotopic (exact) mass is 275 g/mol. The molecule has 2 N–H and O–H groups in total. The highest BCUT2D eigenvalue weighted by molar-refractivity contribution is 6.22. The van der Waals surface area contributed by atoms with Crippen LogP contribution < -0.4 is 5.32 Å². The Hall–Kier alpha value is -0.930. The zero-order valence-corrected chi connectivity index (χ0v) is 11.3. The molecule has 1 rings (SSSR count). The molecule has 94 valence electrons. The van der Waals surface area contributed by atoms with Crippen molar-refractivity contribution in [3.05, 3.63) is 29.3 Å². The topological polar surface area (TPSA) is 49.3 Å². The van der Waals surface area contributed by atoms with Crippen LogP contribution in [0, 0.1) is 6.92 Å². The summed E-state index contributed by atoms with van der Waals surface area (Å²) >= 11 is 11.5. The molecule has 1 amide bonds. The lowest BCUT2D eigenvalue weighted by molar-refractivity contribution is 0.0921. The van der Waals surface area contributed by atoms with Crippen molar-refractivity contribution >= 4 is 29.1 Å². The van der Waals surface area contributed by atoms with Crippen molar-refractivity contribution < 1.29 is 9.90 Å². The standard InChI is InChI=1S/C12H15Cl2NO2/c1-8-5-9(3-4-10(8)16)11(17)15-12(2,6-13)7-14/h3-5,16H,6-7H2,1-2H3,(H,15,17). The molecule has 0 heterocycles. The highest BCUT2D eigenvalue weighted by Gasteiger charge is 2.24. The van der Waals surface area contributed by atoms with E-state index >= 15 is 0 Å². The SMILES string of the molecule is Cc1cc(C(=O)NC(C)(CCl)CCl)ccc1O. The molecule has 0 aliphatic rings. The zero-order valence-electron chi connectivity index (χ0n) is 9.76. The van der Waals surface area contributed by atoms with Crippen LogP contribution in [-0.2, 0) is 0 Å². The second kappa shape index (κ2) is 5.61. The summed E-state index contributed by atoms with van der Waals surface area (Å²) in [5, 5.41) is 12.1. The average Bonchev–Trinajstić information content (AvgIpc) is 2.32. The fourth-order valence-corrected chi connectivity index (χ4v) is 1.66. The van der Waals surface area contributed by atoms with Gasteiger partial charge in [-0.05, 0) is 37.6 Å². The van der Waals surface area contributed by atoms with Crippen LogP contribution in [0.4, 0.5) is 0 Å². The fourth-order valence-electron chi connectivity index (χ4n) is 1.25. The van der Waals surface area contributed by atoms with Gasteiger partial charge in [-0.25, -0.2) is 0 Å². The maximum Gasteiger partial charge on any atom is 0.251 e. The van der Waals surface area contributed by atoms with Gasteiger partial charge < -0.3 is 10.4 Å². The maximum absolute atomic E-state index is 11.9. The zero-order chi connectivity index (χ0) is 13.1. The summed E-state index contributed by atoms with van der Waals surface area (Å²) in [6.07, 6.45) is 0. The molecular weight excluding hydrogens is 261 g/mol. The number of phenols is 1. The number of carbonyl (C=O) groups is 1. The van der Waals surface area contributed by atoms with E-state index in [0.29, 0.717) is 11.1 Å². The summed E-state index contributed by atoms with van der Waals surface area (Å²) in [4.78, 5) is 11.9. The summed E-state index contributed by atoms with van der Waals surface area (Å²) in [5.74, 6) is 0.384. The van der Waals surface area contributed by atoms with Gasteiger partial charge >= 0.3 is 0 Å². The molecular formula is C12H15Cl2NO2. The Labute approximate surface area is 111 Å². The van der Waals surface area contributed by atoms with Crippen molar-refractivity contribution in [2.45, 2.75) is 19.4 Å². The minimum atomic E-state index is -0.633. The van der Waals surface area contributed by atoms with E-state index in [0.717, 1.165) is 0 Å². The van der Waals surface area contributed by atoms with Crippen molar-refractivity contribution in [3.8, 4) is 5.75 Å². The van der Waals surface area contributed by atoms with Gasteiger partial charge in [0.15, 0.2) is 0 Å². The molecule has 1 aromatic carbocycles. The van der Waals surface area contributed by atoms with Gasteiger partial charge in [0.2, 0.25) is 0 Å². The first kappa shape index (κ1) is 14.1. The second-order valence-corrected chi connectivity index (χ2v) is 4.82. The van der Waals surface area contributed by atoms with Crippen molar-refractivity contribution in [2.24, 2.45) is 0 Å². The van der Waals surface area contributed by atoms with Crippen LogP contribution in [0.25, 0.3) is 0 Å². The first-order valence-electron chi connectivity index (χ1n) is 5.16. The van der Waals surface area contributed by atoms with Crippen LogP contribution in [0.3, 0.4) is 0 Å². The quantitative estimate of drug-likeness (QED) is 0.831. The molecule has 0 bridgehead atoms. The van der Waals surface area contributed by atoms with Gasteiger partial charge in [-0.15, -0.1) is 23.2 Å². The molecule has 0 aliphatic heterocycles. The minimum Gasteiger partial charge on any atom is -0.508 e. The smallest absolute Gasteiger partial charge is 0.251 e. The number of alkyl halides is 2. The molecule has 0 saturated heterocycles. The molecule has 0 spiro atoms. The molecule has 3 nitrogen and oxygen atoms in total. The van der Waals surface area contributed by atoms with E-state index in [2.05, 4.69) is 5.32 Å². The first-order valence-corrected chi connectivity index (χ1v) is 6.23. The average molecular weight is 276 g/mol. The van der Waals surface area contributed by atoms with Gasteiger partial charge in [-0.2, -0.15) is 0 Å². The highest BCUT2D eigenvalue weighted by Crippen LogP contribution is 2.18. The molecule has 0 saturated carbocycles. The Balaban J connectivity index is 2.86. The Bertz CT molecular complexity index is 417. The lowest BCUT2D eigenvalue weighted by Crippen LogP contribution is -2.49. The third-order valence-corrected chi connectivity index (χ3v) is 3.64. The molecule has 17 heavy (non-hydrogen) atoms. The number of hydrogen-bond acceptors (Lipinski definition) is 2. The number of hydrogen-bond donors (Lipinski definition) is 2. The number of halogens is 2. The molecule has 0 atom stereocenters. The van der Waals surface area contributed by atoms with E-state index < -0.39 is 5.54 Å². The van der Waals surface area contributed by atoms with Crippen molar-refractivity contribution in [2.75, 3.05) is 11.8 Å². The van der Waals surface area contributed by atoms with Gasteiger partial charge in [0.25, 0.3) is 5.91 Å². The summed E-state index contributed by atoms with van der Waals surface area (Å²) in [7, 11) is 0. The van der Waals surface area contributed by atoms with Gasteiger partial charge in [-0.3, -0.25) is 4.79 Å². The lowest BCUT2D eigenvalue weighted by atomic mass is 10.1. The number of nitrogens with one attached hydrogen (secondary N) is 1. The number of rotatable bonds is 4. The molecule has 0 aliphatic carbocycles. The van der Waals surface area contributed by atoms with Gasteiger partial charge in [0.1, 0.15) is 5.75 Å². The van der Waals surface area contributed by atoms with E-state index in [-0.39, 0.29) is 23.4 Å². The van der Waals surface area contributed by atoms with Gasteiger partial charge in [0.05, 0.1) is 5.54 Å². The fraction of sp³-hybridized carbons (Fsp3) is 0.417. The van der Waals surface area contributed by atoms with Gasteiger partial charge in [-0.1, -0.05) is 0 Å².